The first-order valence-electron chi connectivity index (χ1n) is 6.92. The molecule has 1 aliphatic carbocycles. The highest BCUT2D eigenvalue weighted by molar-refractivity contribution is 5.47. The molecule has 21 heavy (non-hydrogen) atoms. The van der Waals surface area contributed by atoms with Gasteiger partial charge in [0, 0.05) is 18.2 Å². The molecule has 0 aliphatic heterocycles. The minimum absolute atomic E-state index is 0.0762. The zero-order chi connectivity index (χ0) is 14.8. The Bertz CT molecular complexity index is 623. The quantitative estimate of drug-likeness (QED) is 0.889. The maximum atomic E-state index is 13.5. The zero-order valence-corrected chi connectivity index (χ0v) is 11.7. The molecule has 0 amide bonds. The van der Waals surface area contributed by atoms with E-state index in [1.54, 1.807) is 24.3 Å². The Morgan fingerprint density at radius 1 is 1.38 bits per heavy atom. The largest absolute Gasteiger partial charge is 0.494 e. The number of alkyl halides is 2. The number of nitrogens with one attached hydrogen (secondary N) is 1. The van der Waals surface area contributed by atoms with Crippen molar-refractivity contribution in [1.29, 1.82) is 0 Å². The van der Waals surface area contributed by atoms with Crippen LogP contribution in [0.4, 0.5) is 8.78 Å². The summed E-state index contributed by atoms with van der Waals surface area (Å²) in [5.41, 5.74) is 0.975. The second-order valence-corrected chi connectivity index (χ2v) is 5.09. The minimum atomic E-state index is -2.59. The average molecular weight is 293 g/mol. The minimum Gasteiger partial charge on any atom is -0.494 e. The van der Waals surface area contributed by atoms with Crippen LogP contribution in [0.25, 0.3) is 5.69 Å². The number of aromatic nitrogens is 2. The van der Waals surface area contributed by atoms with E-state index in [0.29, 0.717) is 29.6 Å². The average Bonchev–Trinajstić information content (AvgIpc) is 3.22. The molecule has 0 unspecified atom stereocenters. The van der Waals surface area contributed by atoms with Gasteiger partial charge in [-0.1, -0.05) is 12.1 Å². The van der Waals surface area contributed by atoms with Crippen LogP contribution in [0, 0.1) is 0 Å². The lowest BCUT2D eigenvalue weighted by atomic mass is 10.2. The number of benzene rings is 1. The van der Waals surface area contributed by atoms with Crippen molar-refractivity contribution in [3.63, 3.8) is 0 Å². The van der Waals surface area contributed by atoms with Crippen LogP contribution in [0.3, 0.4) is 0 Å². The van der Waals surface area contributed by atoms with Gasteiger partial charge in [0.2, 0.25) is 0 Å². The van der Waals surface area contributed by atoms with Crippen LogP contribution in [0.5, 0.6) is 5.75 Å². The lowest BCUT2D eigenvalue weighted by Crippen LogP contribution is -2.16. The maximum Gasteiger partial charge on any atom is 0.280 e. The van der Waals surface area contributed by atoms with E-state index in [9.17, 15) is 8.78 Å². The topological polar surface area (TPSA) is 39.1 Å². The molecule has 0 saturated heterocycles. The summed E-state index contributed by atoms with van der Waals surface area (Å²) in [7, 11) is 1.51. The lowest BCUT2D eigenvalue weighted by Gasteiger charge is -2.12. The Kier molecular flexibility index (Phi) is 3.88. The van der Waals surface area contributed by atoms with Crippen LogP contribution in [0.2, 0.25) is 0 Å². The highest BCUT2D eigenvalue weighted by atomic mass is 19.3. The second-order valence-electron chi connectivity index (χ2n) is 5.09. The molecular formula is C15H17F2N3O. The fourth-order valence-corrected chi connectivity index (χ4v) is 2.30. The van der Waals surface area contributed by atoms with Crippen molar-refractivity contribution < 1.29 is 13.5 Å². The van der Waals surface area contributed by atoms with Crippen molar-refractivity contribution in [2.24, 2.45) is 0 Å². The van der Waals surface area contributed by atoms with Gasteiger partial charge in [0.05, 0.1) is 13.3 Å². The molecule has 1 aromatic heterocycles. The van der Waals surface area contributed by atoms with Gasteiger partial charge in [0.15, 0.2) is 0 Å². The summed E-state index contributed by atoms with van der Waals surface area (Å²) in [4.78, 5) is 0. The zero-order valence-electron chi connectivity index (χ0n) is 11.7. The molecular weight excluding hydrogens is 276 g/mol. The molecule has 0 spiro atoms. The van der Waals surface area contributed by atoms with Gasteiger partial charge in [-0.15, -0.1) is 0 Å². The van der Waals surface area contributed by atoms with Gasteiger partial charge in [-0.05, 0) is 25.0 Å². The molecule has 1 aliphatic rings. The molecule has 1 aromatic carbocycles. The van der Waals surface area contributed by atoms with E-state index in [0.717, 1.165) is 12.8 Å². The van der Waals surface area contributed by atoms with Crippen LogP contribution in [-0.2, 0) is 6.54 Å². The monoisotopic (exact) mass is 293 g/mol. The summed E-state index contributed by atoms with van der Waals surface area (Å²) in [5.74, 6) is 0.518. The summed E-state index contributed by atoms with van der Waals surface area (Å²) < 4.78 is 33.4. The summed E-state index contributed by atoms with van der Waals surface area (Å²) in [5, 5.41) is 7.37. The van der Waals surface area contributed by atoms with Gasteiger partial charge in [0.1, 0.15) is 17.1 Å². The first kappa shape index (κ1) is 14.0. The van der Waals surface area contributed by atoms with E-state index in [4.69, 9.17) is 4.74 Å². The van der Waals surface area contributed by atoms with Gasteiger partial charge in [0.25, 0.3) is 6.43 Å². The molecule has 6 heteroatoms. The SMILES string of the molecule is COc1ccccc1-n1ncc(CNC2CC2)c1C(F)F. The molecule has 2 aromatic rings. The lowest BCUT2D eigenvalue weighted by molar-refractivity contribution is 0.141. The Balaban J connectivity index is 1.97. The third-order valence-corrected chi connectivity index (χ3v) is 3.56. The number of methoxy groups -OCH3 is 1. The van der Waals surface area contributed by atoms with Gasteiger partial charge in [-0.25, -0.2) is 13.5 Å². The smallest absolute Gasteiger partial charge is 0.280 e. The number of ether oxygens (including phenoxy) is 1. The van der Waals surface area contributed by atoms with Crippen LogP contribution < -0.4 is 10.1 Å². The van der Waals surface area contributed by atoms with Crippen LogP contribution in [0.15, 0.2) is 30.5 Å². The predicted octanol–water partition coefficient (Wildman–Crippen LogP) is 3.07. The standard InChI is InChI=1S/C15H17F2N3O/c1-21-13-5-3-2-4-12(13)20-14(15(16)17)10(9-19-20)8-18-11-6-7-11/h2-5,9,11,15,18H,6-8H2,1H3. The second kappa shape index (κ2) is 5.81. The van der Waals surface area contributed by atoms with E-state index in [1.807, 2.05) is 0 Å². The van der Waals surface area contributed by atoms with Crippen molar-refractivity contribution >= 4 is 0 Å². The summed E-state index contributed by atoms with van der Waals surface area (Å²) in [6, 6.07) is 7.48. The molecule has 112 valence electrons. The van der Waals surface area contributed by atoms with Crippen molar-refractivity contribution in [2.45, 2.75) is 31.9 Å². The van der Waals surface area contributed by atoms with E-state index in [1.165, 1.54) is 18.0 Å². The summed E-state index contributed by atoms with van der Waals surface area (Å²) in [6.45, 7) is 0.416. The Morgan fingerprint density at radius 3 is 2.81 bits per heavy atom. The summed E-state index contributed by atoms with van der Waals surface area (Å²) >= 11 is 0. The van der Waals surface area contributed by atoms with Gasteiger partial charge < -0.3 is 10.1 Å². The van der Waals surface area contributed by atoms with Crippen LogP contribution >= 0.6 is 0 Å². The molecule has 1 N–H and O–H groups in total. The molecule has 0 atom stereocenters. The number of para-hydroxylation sites is 2. The Labute approximate surface area is 121 Å². The van der Waals surface area contributed by atoms with Crippen LogP contribution in [-0.4, -0.2) is 22.9 Å². The third kappa shape index (κ3) is 2.90. The molecule has 1 heterocycles. The van der Waals surface area contributed by atoms with E-state index in [-0.39, 0.29) is 5.69 Å². The van der Waals surface area contributed by atoms with Crippen molar-refractivity contribution in [3.05, 3.63) is 41.7 Å². The fraction of sp³-hybridized carbons (Fsp3) is 0.400. The molecule has 3 rings (SSSR count). The van der Waals surface area contributed by atoms with E-state index in [2.05, 4.69) is 10.4 Å². The normalized spacial score (nSPS) is 14.7. The Morgan fingerprint density at radius 2 is 2.14 bits per heavy atom. The van der Waals surface area contributed by atoms with Crippen molar-refractivity contribution in [1.82, 2.24) is 15.1 Å². The van der Waals surface area contributed by atoms with Gasteiger partial charge in [-0.3, -0.25) is 0 Å². The van der Waals surface area contributed by atoms with Gasteiger partial charge >= 0.3 is 0 Å². The first-order valence-corrected chi connectivity index (χ1v) is 6.92. The number of halogens is 2. The van der Waals surface area contributed by atoms with Crippen LogP contribution in [0.1, 0.15) is 30.5 Å². The maximum absolute atomic E-state index is 13.5. The Hall–Kier alpha value is -1.95. The highest BCUT2D eigenvalue weighted by Crippen LogP contribution is 2.30. The van der Waals surface area contributed by atoms with Crippen molar-refractivity contribution in [3.8, 4) is 11.4 Å². The summed E-state index contributed by atoms with van der Waals surface area (Å²) in [6.07, 6.45) is 1.15. The third-order valence-electron chi connectivity index (χ3n) is 3.56. The number of nitrogens with zero attached hydrogens (tertiary/aromatic N) is 2. The van der Waals surface area contributed by atoms with Gasteiger partial charge in [-0.2, -0.15) is 5.10 Å². The predicted molar refractivity (Wildman–Crippen MR) is 74.9 cm³/mol. The molecule has 1 fully saturated rings. The number of hydrogen-bond acceptors (Lipinski definition) is 3. The number of hydrogen-bond donors (Lipinski definition) is 1. The molecule has 1 saturated carbocycles. The number of rotatable bonds is 6. The first-order chi connectivity index (χ1) is 10.2. The molecule has 4 nitrogen and oxygen atoms in total. The fourth-order valence-electron chi connectivity index (χ4n) is 2.30. The van der Waals surface area contributed by atoms with E-state index >= 15 is 0 Å². The van der Waals surface area contributed by atoms with E-state index < -0.39 is 6.43 Å². The molecule has 0 radical (unpaired) electrons. The molecule has 0 bridgehead atoms. The van der Waals surface area contributed by atoms with Crippen molar-refractivity contribution in [2.75, 3.05) is 7.11 Å². The highest BCUT2D eigenvalue weighted by Gasteiger charge is 2.25.